The van der Waals surface area contributed by atoms with Gasteiger partial charge in [0.1, 0.15) is 30.5 Å². The second kappa shape index (κ2) is 19.7. The molecule has 1 aliphatic rings. The van der Waals surface area contributed by atoms with Crippen molar-refractivity contribution in [2.75, 3.05) is 42.9 Å². The molecule has 1 aliphatic heterocycles. The Morgan fingerprint density at radius 3 is 2.22 bits per heavy atom. The number of nitrogens with one attached hydrogen (secondary N) is 2. The first-order valence-electron chi connectivity index (χ1n) is 16.7. The summed E-state index contributed by atoms with van der Waals surface area (Å²) >= 11 is 12.1. The minimum atomic E-state index is -1.14. The molecule has 0 aliphatic carbocycles. The van der Waals surface area contributed by atoms with Crippen molar-refractivity contribution in [2.24, 2.45) is 0 Å². The van der Waals surface area contributed by atoms with Gasteiger partial charge >= 0.3 is 12.1 Å². The number of amides is 3. The van der Waals surface area contributed by atoms with Gasteiger partial charge in [0.25, 0.3) is 0 Å². The molecule has 0 unspecified atom stereocenters. The highest BCUT2D eigenvalue weighted by molar-refractivity contribution is 6.18. The zero-order chi connectivity index (χ0) is 35.9. The van der Waals surface area contributed by atoms with Gasteiger partial charge in [0.2, 0.25) is 11.8 Å². The molecule has 3 atom stereocenters. The smallest absolute Gasteiger partial charge is 0.410 e. The molecule has 0 saturated carbocycles. The molecular weight excluding hydrogens is 686 g/mol. The fourth-order valence-electron chi connectivity index (χ4n) is 5.79. The maximum Gasteiger partial charge on any atom is 0.410 e. The summed E-state index contributed by atoms with van der Waals surface area (Å²) in [6, 6.07) is 19.2. The molecule has 4 rings (SSSR count). The number of carbonyl (C=O) groups excluding carboxylic acids is 4. The van der Waals surface area contributed by atoms with Crippen LogP contribution in [0.3, 0.4) is 0 Å². The fraction of sp³-hybridized carbons (Fsp3) is 0.405. The van der Waals surface area contributed by atoms with Gasteiger partial charge in [0.15, 0.2) is 0 Å². The van der Waals surface area contributed by atoms with Crippen LogP contribution < -0.4 is 15.5 Å². The summed E-state index contributed by atoms with van der Waals surface area (Å²) in [5.41, 5.74) is 2.99. The summed E-state index contributed by atoms with van der Waals surface area (Å²) in [4.78, 5) is 57.3. The maximum absolute atomic E-state index is 14.0. The molecular formula is C37H43Cl2FN4O6. The van der Waals surface area contributed by atoms with Crippen LogP contribution in [-0.2, 0) is 43.3 Å². The van der Waals surface area contributed by atoms with E-state index < -0.39 is 47.8 Å². The lowest BCUT2D eigenvalue weighted by molar-refractivity contribution is -0.147. The third-order valence-electron chi connectivity index (χ3n) is 8.29. The highest BCUT2D eigenvalue weighted by Crippen LogP contribution is 2.21. The maximum atomic E-state index is 14.0. The Hall–Kier alpha value is -4.35. The first-order chi connectivity index (χ1) is 24.2. The minimum Gasteiger partial charge on any atom is -0.464 e. The first kappa shape index (κ1) is 38.5. The fourth-order valence-corrected chi connectivity index (χ4v) is 6.20. The number of esters is 1. The number of alkyl halides is 2. The molecule has 1 heterocycles. The lowest BCUT2D eigenvalue weighted by atomic mass is 10.0. The van der Waals surface area contributed by atoms with E-state index >= 15 is 0 Å². The van der Waals surface area contributed by atoms with Gasteiger partial charge in [0.05, 0.1) is 6.61 Å². The van der Waals surface area contributed by atoms with Crippen molar-refractivity contribution in [3.05, 3.63) is 101 Å². The van der Waals surface area contributed by atoms with Crippen LogP contribution in [0.4, 0.5) is 14.9 Å². The molecule has 13 heteroatoms. The molecule has 3 aromatic carbocycles. The SMILES string of the molecule is CCOC(=O)[C@H](Cc1ccc(F)cc1)NC(=O)[C@H](Cc1cccc(N(CCCl)CCCl)c1)NC(=O)[C@@H]1CCCN1C(=O)OCc1ccccc1. The lowest BCUT2D eigenvalue weighted by Gasteiger charge is -2.27. The summed E-state index contributed by atoms with van der Waals surface area (Å²) in [6.07, 6.45) is 0.449. The minimum absolute atomic E-state index is 0.0382. The van der Waals surface area contributed by atoms with Gasteiger partial charge in [0, 0.05) is 49.9 Å². The van der Waals surface area contributed by atoms with Gasteiger partial charge in [-0.25, -0.2) is 14.0 Å². The lowest BCUT2D eigenvalue weighted by Crippen LogP contribution is -2.56. The molecule has 0 spiro atoms. The third kappa shape index (κ3) is 11.3. The van der Waals surface area contributed by atoms with Crippen molar-refractivity contribution in [3.63, 3.8) is 0 Å². The summed E-state index contributed by atoms with van der Waals surface area (Å²) < 4.78 is 24.3. The van der Waals surface area contributed by atoms with Gasteiger partial charge in [-0.3, -0.25) is 14.5 Å². The van der Waals surface area contributed by atoms with E-state index in [9.17, 15) is 23.6 Å². The zero-order valence-corrected chi connectivity index (χ0v) is 29.5. The molecule has 3 aromatic rings. The molecule has 10 nitrogen and oxygen atoms in total. The van der Waals surface area contributed by atoms with Crippen LogP contribution >= 0.6 is 23.2 Å². The second-order valence-electron chi connectivity index (χ2n) is 11.8. The predicted molar refractivity (Wildman–Crippen MR) is 191 cm³/mol. The summed E-state index contributed by atoms with van der Waals surface area (Å²) in [5.74, 6) is -1.48. The van der Waals surface area contributed by atoms with Crippen molar-refractivity contribution in [1.82, 2.24) is 15.5 Å². The Kier molecular flexibility index (Phi) is 15.2. The van der Waals surface area contributed by atoms with Gasteiger partial charge in [-0.05, 0) is 60.7 Å². The number of hydrogen-bond donors (Lipinski definition) is 2. The summed E-state index contributed by atoms with van der Waals surface area (Å²) in [5, 5.41) is 5.61. The number of carbonyl (C=O) groups is 4. The van der Waals surface area contributed by atoms with Crippen LogP contribution in [0.2, 0.25) is 0 Å². The first-order valence-corrected chi connectivity index (χ1v) is 17.7. The average molecular weight is 730 g/mol. The Balaban J connectivity index is 1.56. The second-order valence-corrected chi connectivity index (χ2v) is 12.6. The molecule has 268 valence electrons. The van der Waals surface area contributed by atoms with Crippen molar-refractivity contribution < 1.29 is 33.0 Å². The molecule has 50 heavy (non-hydrogen) atoms. The van der Waals surface area contributed by atoms with Crippen molar-refractivity contribution >= 4 is 52.8 Å². The van der Waals surface area contributed by atoms with Gasteiger partial charge in [-0.1, -0.05) is 54.6 Å². The van der Waals surface area contributed by atoms with E-state index in [1.165, 1.54) is 29.2 Å². The Morgan fingerprint density at radius 1 is 0.860 bits per heavy atom. The molecule has 3 amide bonds. The summed E-state index contributed by atoms with van der Waals surface area (Å²) in [6.45, 7) is 3.23. The quantitative estimate of drug-likeness (QED) is 0.145. The molecule has 0 aromatic heterocycles. The number of benzene rings is 3. The van der Waals surface area contributed by atoms with Crippen LogP contribution in [0.1, 0.15) is 36.5 Å². The number of likely N-dealkylation sites (tertiary alicyclic amines) is 1. The van der Waals surface area contributed by atoms with Crippen LogP contribution in [-0.4, -0.2) is 84.9 Å². The highest BCUT2D eigenvalue weighted by Gasteiger charge is 2.37. The molecule has 0 bridgehead atoms. The largest absolute Gasteiger partial charge is 0.464 e. The van der Waals surface area contributed by atoms with E-state index in [4.69, 9.17) is 32.7 Å². The zero-order valence-electron chi connectivity index (χ0n) is 28.0. The van der Waals surface area contributed by atoms with E-state index in [0.717, 1.165) is 16.8 Å². The number of ether oxygens (including phenoxy) is 2. The molecule has 1 fully saturated rings. The number of nitrogens with zero attached hydrogens (tertiary/aromatic N) is 2. The van der Waals surface area contributed by atoms with E-state index in [0.29, 0.717) is 49.8 Å². The number of halogens is 3. The van der Waals surface area contributed by atoms with Crippen molar-refractivity contribution in [2.45, 2.75) is 57.3 Å². The van der Waals surface area contributed by atoms with Crippen LogP contribution in [0.5, 0.6) is 0 Å². The monoisotopic (exact) mass is 728 g/mol. The Labute approximate surface area is 302 Å². The van der Waals surface area contributed by atoms with Crippen molar-refractivity contribution in [3.8, 4) is 0 Å². The molecule has 1 saturated heterocycles. The van der Waals surface area contributed by atoms with Crippen LogP contribution in [0, 0.1) is 5.82 Å². The normalized spacial score (nSPS) is 15.1. The number of hydrogen-bond acceptors (Lipinski definition) is 7. The van der Waals surface area contributed by atoms with Crippen molar-refractivity contribution in [1.29, 1.82) is 0 Å². The molecule has 0 radical (unpaired) electrons. The predicted octanol–water partition coefficient (Wildman–Crippen LogP) is 5.23. The van der Waals surface area contributed by atoms with E-state index in [2.05, 4.69) is 10.6 Å². The summed E-state index contributed by atoms with van der Waals surface area (Å²) in [7, 11) is 0. The standard InChI is InChI=1S/C37H43Cl2FN4O6/c1-2-49-36(47)32(23-26-13-15-29(40)16-14-26)42-34(45)31(24-28-10-6-11-30(22-28)43(20-17-38)21-18-39)41-35(46)33-12-7-19-44(33)37(48)50-25-27-8-4-3-5-9-27/h3-6,8-11,13-16,22,31-33H,2,7,12,17-21,23-25H2,1H3,(H,41,46)(H,42,45)/t31-,32-,33-/m0/s1. The topological polar surface area (TPSA) is 117 Å². The van der Waals surface area contributed by atoms with E-state index in [-0.39, 0.29) is 26.1 Å². The molecule has 2 N–H and O–H groups in total. The number of rotatable bonds is 17. The highest BCUT2D eigenvalue weighted by atomic mass is 35.5. The van der Waals surface area contributed by atoms with Gasteiger partial charge in [-0.2, -0.15) is 0 Å². The van der Waals surface area contributed by atoms with Crippen LogP contribution in [0.15, 0.2) is 78.9 Å². The number of anilines is 1. The Morgan fingerprint density at radius 2 is 1.54 bits per heavy atom. The van der Waals surface area contributed by atoms with Gasteiger partial charge in [-0.15, -0.1) is 23.2 Å². The van der Waals surface area contributed by atoms with Crippen LogP contribution in [0.25, 0.3) is 0 Å². The van der Waals surface area contributed by atoms with Gasteiger partial charge < -0.3 is 25.0 Å². The van der Waals surface area contributed by atoms with E-state index in [1.54, 1.807) is 6.92 Å². The average Bonchev–Trinajstić information content (AvgIpc) is 3.62. The Bertz CT molecular complexity index is 1560. The third-order valence-corrected chi connectivity index (χ3v) is 8.63. The van der Waals surface area contributed by atoms with E-state index in [1.807, 2.05) is 59.5 Å².